The molecular weight excluding hydrogens is 206 g/mol. The van der Waals surface area contributed by atoms with Crippen LogP contribution in [0.4, 0.5) is 4.79 Å². The van der Waals surface area contributed by atoms with Crippen molar-refractivity contribution in [2.24, 2.45) is 5.92 Å². The molecular formula is C11H19N3O2. The molecule has 1 saturated carbocycles. The van der Waals surface area contributed by atoms with Crippen molar-refractivity contribution in [3.8, 4) is 0 Å². The number of rotatable bonds is 3. The van der Waals surface area contributed by atoms with Crippen LogP contribution in [-0.2, 0) is 4.74 Å². The number of carbonyl (C=O) groups excluding carboxylic acids is 1. The number of carbonyl (C=O) groups is 1. The molecule has 0 aromatic heterocycles. The Bertz CT molecular complexity index is 318. The van der Waals surface area contributed by atoms with Gasteiger partial charge in [0, 0.05) is 13.7 Å². The van der Waals surface area contributed by atoms with Crippen molar-refractivity contribution in [2.45, 2.75) is 31.7 Å². The van der Waals surface area contributed by atoms with E-state index in [2.05, 4.69) is 12.2 Å². The van der Waals surface area contributed by atoms with E-state index in [1.807, 2.05) is 0 Å². The summed E-state index contributed by atoms with van der Waals surface area (Å²) in [6, 6.07) is -0.143. The van der Waals surface area contributed by atoms with Crippen molar-refractivity contribution in [1.29, 1.82) is 5.41 Å². The first-order valence-corrected chi connectivity index (χ1v) is 5.79. The lowest BCUT2D eigenvalue weighted by Gasteiger charge is -2.36. The quantitative estimate of drug-likeness (QED) is 0.757. The maximum absolute atomic E-state index is 11.8. The van der Waals surface area contributed by atoms with Crippen molar-refractivity contribution in [3.05, 3.63) is 0 Å². The summed E-state index contributed by atoms with van der Waals surface area (Å²) in [6.45, 7) is 3.21. The van der Waals surface area contributed by atoms with Gasteiger partial charge in [-0.1, -0.05) is 13.3 Å². The molecule has 2 aliphatic rings. The normalized spacial score (nSPS) is 33.9. The zero-order valence-corrected chi connectivity index (χ0v) is 9.88. The summed E-state index contributed by atoms with van der Waals surface area (Å²) in [7, 11) is 1.63. The van der Waals surface area contributed by atoms with Crippen LogP contribution in [0.1, 0.15) is 26.2 Å². The number of nitrogens with zero attached hydrogens (tertiary/aromatic N) is 1. The van der Waals surface area contributed by atoms with Crippen molar-refractivity contribution < 1.29 is 9.53 Å². The summed E-state index contributed by atoms with van der Waals surface area (Å²) in [5.41, 5.74) is -0.379. The van der Waals surface area contributed by atoms with Crippen LogP contribution in [0.25, 0.3) is 0 Å². The molecule has 2 amide bonds. The Hall–Kier alpha value is -1.10. The third-order valence-electron chi connectivity index (χ3n) is 3.92. The molecule has 1 saturated heterocycles. The Morgan fingerprint density at radius 2 is 2.44 bits per heavy atom. The summed E-state index contributed by atoms with van der Waals surface area (Å²) < 4.78 is 5.03. The van der Waals surface area contributed by atoms with Crippen molar-refractivity contribution in [1.82, 2.24) is 10.2 Å². The second-order valence-electron chi connectivity index (χ2n) is 4.67. The molecule has 2 fully saturated rings. The van der Waals surface area contributed by atoms with Gasteiger partial charge in [-0.3, -0.25) is 10.7 Å². The molecule has 5 nitrogen and oxygen atoms in total. The lowest BCUT2D eigenvalue weighted by molar-refractivity contribution is 0.111. The number of hydrogen-bond acceptors (Lipinski definition) is 3. The molecule has 5 heteroatoms. The minimum absolute atomic E-state index is 0.143. The van der Waals surface area contributed by atoms with Gasteiger partial charge in [0.2, 0.25) is 0 Å². The topological polar surface area (TPSA) is 65.4 Å². The number of amides is 2. The van der Waals surface area contributed by atoms with Gasteiger partial charge in [0.05, 0.1) is 6.61 Å². The SMILES string of the molecule is COCCN1C(=O)NC(=N)C12CCCC2C. The van der Waals surface area contributed by atoms with E-state index in [4.69, 9.17) is 10.1 Å². The molecule has 1 heterocycles. The van der Waals surface area contributed by atoms with Crippen LogP contribution in [0.15, 0.2) is 0 Å². The molecule has 0 aromatic carbocycles. The fraction of sp³-hybridized carbons (Fsp3) is 0.818. The van der Waals surface area contributed by atoms with E-state index in [-0.39, 0.29) is 11.6 Å². The highest BCUT2D eigenvalue weighted by Gasteiger charge is 2.55. The zero-order chi connectivity index (χ0) is 11.8. The predicted molar refractivity (Wildman–Crippen MR) is 60.6 cm³/mol. The van der Waals surface area contributed by atoms with E-state index in [9.17, 15) is 4.79 Å². The second-order valence-corrected chi connectivity index (χ2v) is 4.67. The Kier molecular flexibility index (Phi) is 2.88. The number of amidine groups is 1. The third kappa shape index (κ3) is 1.42. The fourth-order valence-corrected chi connectivity index (χ4v) is 3.02. The maximum atomic E-state index is 11.8. The van der Waals surface area contributed by atoms with Crippen LogP contribution >= 0.6 is 0 Å². The first kappa shape index (κ1) is 11.4. The Morgan fingerprint density at radius 1 is 1.69 bits per heavy atom. The molecule has 2 unspecified atom stereocenters. The lowest BCUT2D eigenvalue weighted by atomic mass is 9.86. The van der Waals surface area contributed by atoms with E-state index in [0.29, 0.717) is 24.9 Å². The first-order chi connectivity index (χ1) is 7.63. The zero-order valence-electron chi connectivity index (χ0n) is 9.88. The van der Waals surface area contributed by atoms with Crippen molar-refractivity contribution in [2.75, 3.05) is 20.3 Å². The van der Waals surface area contributed by atoms with Gasteiger partial charge in [0.25, 0.3) is 0 Å². The van der Waals surface area contributed by atoms with E-state index in [1.54, 1.807) is 12.0 Å². The smallest absolute Gasteiger partial charge is 0.323 e. The summed E-state index contributed by atoms with van der Waals surface area (Å²) in [5, 5.41) is 10.7. The Morgan fingerprint density at radius 3 is 3.00 bits per heavy atom. The molecule has 1 spiro atoms. The summed E-state index contributed by atoms with van der Waals surface area (Å²) in [4.78, 5) is 13.6. The average molecular weight is 225 g/mol. The molecule has 2 N–H and O–H groups in total. The van der Waals surface area contributed by atoms with Crippen LogP contribution in [0.3, 0.4) is 0 Å². The van der Waals surface area contributed by atoms with Gasteiger partial charge in [0.15, 0.2) is 0 Å². The van der Waals surface area contributed by atoms with Crippen molar-refractivity contribution >= 4 is 11.9 Å². The minimum atomic E-state index is -0.379. The molecule has 0 radical (unpaired) electrons. The summed E-state index contributed by atoms with van der Waals surface area (Å²) in [5.74, 6) is 0.731. The maximum Gasteiger partial charge on any atom is 0.323 e. The van der Waals surface area contributed by atoms with Crippen LogP contribution in [0, 0.1) is 11.3 Å². The van der Waals surface area contributed by atoms with E-state index in [1.165, 1.54) is 0 Å². The monoisotopic (exact) mass is 225 g/mol. The standard InChI is InChI=1S/C11H19N3O2/c1-8-4-3-5-11(8)9(12)13-10(15)14(11)6-7-16-2/h8H,3-7H2,1-2H3,(H2,12,13,15). The molecule has 0 bridgehead atoms. The summed E-state index contributed by atoms with van der Waals surface area (Å²) in [6.07, 6.45) is 3.07. The van der Waals surface area contributed by atoms with Crippen LogP contribution in [-0.4, -0.2) is 42.6 Å². The first-order valence-electron chi connectivity index (χ1n) is 5.79. The van der Waals surface area contributed by atoms with Crippen LogP contribution < -0.4 is 5.32 Å². The highest BCUT2D eigenvalue weighted by atomic mass is 16.5. The van der Waals surface area contributed by atoms with E-state index >= 15 is 0 Å². The molecule has 1 aliphatic carbocycles. The molecule has 2 atom stereocenters. The molecule has 2 rings (SSSR count). The molecule has 0 aromatic rings. The average Bonchev–Trinajstić information content (AvgIpc) is 2.71. The largest absolute Gasteiger partial charge is 0.383 e. The van der Waals surface area contributed by atoms with E-state index in [0.717, 1.165) is 19.3 Å². The van der Waals surface area contributed by atoms with Gasteiger partial charge >= 0.3 is 6.03 Å². The van der Waals surface area contributed by atoms with Crippen LogP contribution in [0.5, 0.6) is 0 Å². The highest BCUT2D eigenvalue weighted by Crippen LogP contribution is 2.42. The third-order valence-corrected chi connectivity index (χ3v) is 3.92. The van der Waals surface area contributed by atoms with Crippen LogP contribution in [0.2, 0.25) is 0 Å². The van der Waals surface area contributed by atoms with Gasteiger partial charge in [-0.15, -0.1) is 0 Å². The van der Waals surface area contributed by atoms with Gasteiger partial charge in [-0.2, -0.15) is 0 Å². The van der Waals surface area contributed by atoms with Gasteiger partial charge in [-0.05, 0) is 18.8 Å². The molecule has 90 valence electrons. The number of hydrogen-bond donors (Lipinski definition) is 2. The van der Waals surface area contributed by atoms with Gasteiger partial charge in [-0.25, -0.2) is 4.79 Å². The van der Waals surface area contributed by atoms with E-state index < -0.39 is 0 Å². The van der Waals surface area contributed by atoms with Gasteiger partial charge < -0.3 is 9.64 Å². The van der Waals surface area contributed by atoms with Gasteiger partial charge in [0.1, 0.15) is 11.4 Å². The predicted octanol–water partition coefficient (Wildman–Crippen LogP) is 1.19. The highest BCUT2D eigenvalue weighted by molar-refractivity contribution is 6.08. The fourth-order valence-electron chi connectivity index (χ4n) is 3.02. The minimum Gasteiger partial charge on any atom is -0.383 e. The second kappa shape index (κ2) is 4.05. The number of ether oxygens (including phenoxy) is 1. The molecule has 16 heavy (non-hydrogen) atoms. The Balaban J connectivity index is 2.25. The van der Waals surface area contributed by atoms with Crippen molar-refractivity contribution in [3.63, 3.8) is 0 Å². The number of urea groups is 1. The summed E-state index contributed by atoms with van der Waals surface area (Å²) >= 11 is 0. The number of methoxy groups -OCH3 is 1. The molecule has 1 aliphatic heterocycles. The lowest BCUT2D eigenvalue weighted by Crippen LogP contribution is -2.52. The number of nitrogens with one attached hydrogen (secondary N) is 2. The Labute approximate surface area is 95.6 Å².